The summed E-state index contributed by atoms with van der Waals surface area (Å²) in [5.74, 6) is 6.94. The summed E-state index contributed by atoms with van der Waals surface area (Å²) in [5.41, 5.74) is 2.41. The third-order valence-electron chi connectivity index (χ3n) is 2.08. The molecule has 0 aliphatic carbocycles. The molecule has 0 aliphatic rings. The average molecular weight is 318 g/mol. The van der Waals surface area contributed by atoms with Crippen LogP contribution in [0.2, 0.25) is 0 Å². The first-order chi connectivity index (χ1) is 8.63. The molecule has 0 saturated carbocycles. The number of halogens is 1. The highest BCUT2D eigenvalue weighted by molar-refractivity contribution is 9.10. The second-order valence-electron chi connectivity index (χ2n) is 4.28. The molecule has 1 aromatic rings. The van der Waals surface area contributed by atoms with Crippen molar-refractivity contribution in [3.63, 3.8) is 0 Å². The van der Waals surface area contributed by atoms with Crippen molar-refractivity contribution >= 4 is 27.7 Å². The highest BCUT2D eigenvalue weighted by Gasteiger charge is 2.03. The van der Waals surface area contributed by atoms with E-state index in [0.717, 1.165) is 36.5 Å². The van der Waals surface area contributed by atoms with E-state index in [1.165, 1.54) is 0 Å². The molecular formula is C11H20BrN5O. The van der Waals surface area contributed by atoms with Gasteiger partial charge in [-0.25, -0.2) is 10.8 Å². The van der Waals surface area contributed by atoms with Crippen LogP contribution >= 0.6 is 15.9 Å². The lowest BCUT2D eigenvalue weighted by molar-refractivity contribution is 0.110. The van der Waals surface area contributed by atoms with Gasteiger partial charge in [0, 0.05) is 26.0 Å². The molecular weight excluding hydrogens is 298 g/mol. The molecule has 1 heterocycles. The monoisotopic (exact) mass is 317 g/mol. The molecule has 1 aromatic heterocycles. The van der Waals surface area contributed by atoms with E-state index in [1.54, 1.807) is 6.20 Å². The van der Waals surface area contributed by atoms with E-state index in [2.05, 4.69) is 50.5 Å². The fourth-order valence-electron chi connectivity index (χ4n) is 1.26. The van der Waals surface area contributed by atoms with Gasteiger partial charge in [-0.3, -0.25) is 5.43 Å². The van der Waals surface area contributed by atoms with Crippen molar-refractivity contribution < 1.29 is 4.74 Å². The van der Waals surface area contributed by atoms with Crippen LogP contribution in [0.15, 0.2) is 10.7 Å². The first-order valence-electron chi connectivity index (χ1n) is 5.94. The summed E-state index contributed by atoms with van der Waals surface area (Å²) in [7, 11) is 0. The number of hydrogen-bond acceptors (Lipinski definition) is 6. The molecule has 0 bridgehead atoms. The van der Waals surface area contributed by atoms with Gasteiger partial charge < -0.3 is 10.1 Å². The fraction of sp³-hybridized carbons (Fsp3) is 0.636. The quantitative estimate of drug-likeness (QED) is 0.386. The Morgan fingerprint density at radius 2 is 2.28 bits per heavy atom. The minimum atomic E-state index is 0.386. The summed E-state index contributed by atoms with van der Waals surface area (Å²) >= 11 is 3.37. The lowest BCUT2D eigenvalue weighted by Crippen LogP contribution is -2.13. The Balaban J connectivity index is 2.26. The molecule has 0 atom stereocenters. The number of rotatable bonds is 8. The van der Waals surface area contributed by atoms with Gasteiger partial charge in [0.1, 0.15) is 5.82 Å². The van der Waals surface area contributed by atoms with E-state index in [9.17, 15) is 0 Å². The summed E-state index contributed by atoms with van der Waals surface area (Å²) in [4.78, 5) is 8.17. The molecule has 0 fully saturated rings. The summed E-state index contributed by atoms with van der Waals surface area (Å²) < 4.78 is 6.30. The standard InChI is InChI=1S/C11H20BrN5O/c1-8(2)7-18-5-3-4-14-10-9(12)6-15-11(16-10)17-13/h6,8H,3-5,7,13H2,1-2H3,(H2,14,15,16,17). The number of anilines is 2. The molecule has 102 valence electrons. The fourth-order valence-corrected chi connectivity index (χ4v) is 1.59. The first kappa shape index (κ1) is 15.1. The predicted molar refractivity (Wildman–Crippen MR) is 76.3 cm³/mol. The number of nitrogens with zero attached hydrogens (tertiary/aromatic N) is 2. The minimum absolute atomic E-state index is 0.386. The Morgan fingerprint density at radius 1 is 1.50 bits per heavy atom. The summed E-state index contributed by atoms with van der Waals surface area (Å²) in [5, 5.41) is 3.20. The number of nitrogens with two attached hydrogens (primary N) is 1. The Kier molecular flexibility index (Phi) is 6.92. The Morgan fingerprint density at radius 3 is 2.94 bits per heavy atom. The lowest BCUT2D eigenvalue weighted by Gasteiger charge is -2.09. The zero-order valence-corrected chi connectivity index (χ0v) is 12.3. The Hall–Kier alpha value is -0.920. The van der Waals surface area contributed by atoms with Crippen LogP contribution in [0.25, 0.3) is 0 Å². The van der Waals surface area contributed by atoms with Crippen LogP contribution in [-0.4, -0.2) is 29.7 Å². The molecule has 0 spiro atoms. The third-order valence-corrected chi connectivity index (χ3v) is 2.66. The molecule has 7 heteroatoms. The normalized spacial score (nSPS) is 10.7. The maximum absolute atomic E-state index is 5.49. The summed E-state index contributed by atoms with van der Waals surface area (Å²) in [6.07, 6.45) is 2.58. The van der Waals surface area contributed by atoms with Gasteiger partial charge in [-0.1, -0.05) is 13.8 Å². The molecule has 4 N–H and O–H groups in total. The Bertz CT molecular complexity index is 361. The van der Waals surface area contributed by atoms with E-state index in [4.69, 9.17) is 10.6 Å². The zero-order valence-electron chi connectivity index (χ0n) is 10.7. The Labute approximate surface area is 116 Å². The van der Waals surface area contributed by atoms with Crippen LogP contribution in [0.1, 0.15) is 20.3 Å². The van der Waals surface area contributed by atoms with E-state index >= 15 is 0 Å². The maximum Gasteiger partial charge on any atom is 0.239 e. The first-order valence-corrected chi connectivity index (χ1v) is 6.73. The van der Waals surface area contributed by atoms with Crippen LogP contribution in [0.3, 0.4) is 0 Å². The highest BCUT2D eigenvalue weighted by Crippen LogP contribution is 2.19. The molecule has 0 unspecified atom stereocenters. The van der Waals surface area contributed by atoms with Gasteiger partial charge in [-0.05, 0) is 28.3 Å². The lowest BCUT2D eigenvalue weighted by atomic mass is 10.2. The van der Waals surface area contributed by atoms with Gasteiger partial charge in [0.2, 0.25) is 5.95 Å². The van der Waals surface area contributed by atoms with Crippen LogP contribution < -0.4 is 16.6 Å². The number of nitrogen functional groups attached to an aromatic ring is 1. The van der Waals surface area contributed by atoms with Crippen LogP contribution in [-0.2, 0) is 4.74 Å². The number of hydrogen-bond donors (Lipinski definition) is 3. The van der Waals surface area contributed by atoms with Crippen molar-refractivity contribution in [2.24, 2.45) is 11.8 Å². The number of nitrogens with one attached hydrogen (secondary N) is 2. The molecule has 0 radical (unpaired) electrons. The van der Waals surface area contributed by atoms with E-state index < -0.39 is 0 Å². The van der Waals surface area contributed by atoms with Crippen molar-refractivity contribution in [2.45, 2.75) is 20.3 Å². The molecule has 1 rings (SSSR count). The van der Waals surface area contributed by atoms with E-state index in [0.29, 0.717) is 11.9 Å². The largest absolute Gasteiger partial charge is 0.381 e. The van der Waals surface area contributed by atoms with Gasteiger partial charge in [0.05, 0.1) is 4.47 Å². The molecule has 18 heavy (non-hydrogen) atoms. The van der Waals surface area contributed by atoms with Crippen molar-refractivity contribution in [2.75, 3.05) is 30.5 Å². The maximum atomic E-state index is 5.49. The zero-order chi connectivity index (χ0) is 13.4. The van der Waals surface area contributed by atoms with Gasteiger partial charge in [-0.2, -0.15) is 4.98 Å². The SMILES string of the molecule is CC(C)COCCCNc1nc(NN)ncc1Br. The predicted octanol–water partition coefficient (Wildman–Crippen LogP) is 2.00. The second kappa shape index (κ2) is 8.23. The summed E-state index contributed by atoms with van der Waals surface area (Å²) in [6, 6.07) is 0. The third kappa shape index (κ3) is 5.61. The number of hydrazine groups is 1. The molecule has 0 saturated heterocycles. The molecule has 0 aromatic carbocycles. The molecule has 0 amide bonds. The summed E-state index contributed by atoms with van der Waals surface area (Å²) in [6.45, 7) is 6.61. The van der Waals surface area contributed by atoms with Crippen LogP contribution in [0, 0.1) is 5.92 Å². The molecule has 6 nitrogen and oxygen atoms in total. The van der Waals surface area contributed by atoms with Crippen LogP contribution in [0.4, 0.5) is 11.8 Å². The van der Waals surface area contributed by atoms with Gasteiger partial charge in [-0.15, -0.1) is 0 Å². The highest BCUT2D eigenvalue weighted by atomic mass is 79.9. The topological polar surface area (TPSA) is 85.1 Å². The number of aromatic nitrogens is 2. The van der Waals surface area contributed by atoms with E-state index in [-0.39, 0.29) is 0 Å². The second-order valence-corrected chi connectivity index (χ2v) is 5.14. The minimum Gasteiger partial charge on any atom is -0.381 e. The van der Waals surface area contributed by atoms with Crippen molar-refractivity contribution in [1.82, 2.24) is 9.97 Å². The van der Waals surface area contributed by atoms with Crippen LogP contribution in [0.5, 0.6) is 0 Å². The molecule has 0 aliphatic heterocycles. The van der Waals surface area contributed by atoms with Gasteiger partial charge in [0.15, 0.2) is 0 Å². The van der Waals surface area contributed by atoms with Gasteiger partial charge >= 0.3 is 0 Å². The van der Waals surface area contributed by atoms with E-state index in [1.807, 2.05) is 0 Å². The van der Waals surface area contributed by atoms with Crippen molar-refractivity contribution in [3.8, 4) is 0 Å². The van der Waals surface area contributed by atoms with Gasteiger partial charge in [0.25, 0.3) is 0 Å². The van der Waals surface area contributed by atoms with Crippen molar-refractivity contribution in [1.29, 1.82) is 0 Å². The van der Waals surface area contributed by atoms with Crippen molar-refractivity contribution in [3.05, 3.63) is 10.7 Å². The smallest absolute Gasteiger partial charge is 0.239 e. The average Bonchev–Trinajstić information content (AvgIpc) is 2.35. The number of ether oxygens (including phenoxy) is 1.